The number of carbonyl (C=O) groups is 2. The van der Waals surface area contributed by atoms with E-state index in [-0.39, 0.29) is 23.6 Å². The highest BCUT2D eigenvalue weighted by Crippen LogP contribution is 2.50. The first-order valence-electron chi connectivity index (χ1n) is 8.82. The van der Waals surface area contributed by atoms with Gasteiger partial charge in [0.1, 0.15) is 11.5 Å². The van der Waals surface area contributed by atoms with Crippen molar-refractivity contribution in [3.05, 3.63) is 40.8 Å². The van der Waals surface area contributed by atoms with E-state index in [1.807, 2.05) is 35.7 Å². The lowest BCUT2D eigenvalue weighted by molar-refractivity contribution is -0.163. The van der Waals surface area contributed by atoms with Crippen LogP contribution in [0.3, 0.4) is 0 Å². The van der Waals surface area contributed by atoms with E-state index in [4.69, 9.17) is 0 Å². The first-order valence-corrected chi connectivity index (χ1v) is 9.80. The molecule has 0 radical (unpaired) electrons. The number of rotatable bonds is 6. The number of carbonyl (C=O) groups excluding carboxylic acids is 1. The Kier molecular flexibility index (Phi) is 4.43. The highest BCUT2D eigenvalue weighted by atomic mass is 32.2. The summed E-state index contributed by atoms with van der Waals surface area (Å²) in [4.78, 5) is 26.2. The maximum Gasteiger partial charge on any atom is 0.353 e. The molecule has 0 spiro atoms. The first kappa shape index (κ1) is 18.0. The molecule has 142 valence electrons. The fraction of sp³-hybridized carbons (Fsp3) is 0.444. The van der Waals surface area contributed by atoms with E-state index in [0.29, 0.717) is 17.1 Å². The first-order chi connectivity index (χ1) is 12.9. The number of aliphatic carboxylic acids is 1. The molecule has 0 bridgehead atoms. The number of carboxylic acid groups (broad SMARTS) is 1. The summed E-state index contributed by atoms with van der Waals surface area (Å²) in [6.07, 6.45) is 1.73. The van der Waals surface area contributed by atoms with E-state index in [9.17, 15) is 19.8 Å². The summed E-state index contributed by atoms with van der Waals surface area (Å²) in [6, 6.07) is 5.40. The number of thioether (sulfide) groups is 1. The van der Waals surface area contributed by atoms with E-state index in [1.54, 1.807) is 6.92 Å². The van der Waals surface area contributed by atoms with Gasteiger partial charge >= 0.3 is 5.97 Å². The minimum absolute atomic E-state index is 0.0606. The molecular weight excluding hydrogens is 368 g/mol. The number of pyridine rings is 1. The molecule has 2 N–H and O–H groups in total. The largest absolute Gasteiger partial charge is 0.477 e. The molecule has 27 heavy (non-hydrogen) atoms. The number of aliphatic hydroxyl groups is 1. The van der Waals surface area contributed by atoms with Crippen molar-refractivity contribution in [3.63, 3.8) is 0 Å². The van der Waals surface area contributed by atoms with Gasteiger partial charge in [0.05, 0.1) is 18.1 Å². The number of aryl methyl sites for hydroxylation is 1. The zero-order valence-electron chi connectivity index (χ0n) is 14.9. The van der Waals surface area contributed by atoms with Crippen molar-refractivity contribution in [2.45, 2.75) is 32.4 Å². The van der Waals surface area contributed by atoms with Crippen LogP contribution in [0.2, 0.25) is 0 Å². The van der Waals surface area contributed by atoms with Crippen LogP contribution >= 0.6 is 11.8 Å². The summed E-state index contributed by atoms with van der Waals surface area (Å²) < 4.78 is 1.91. The van der Waals surface area contributed by atoms with Gasteiger partial charge in [0.25, 0.3) is 0 Å². The van der Waals surface area contributed by atoms with Crippen LogP contribution < -0.4 is 0 Å². The molecule has 1 amide bonds. The van der Waals surface area contributed by atoms with Gasteiger partial charge in [-0.1, -0.05) is 13.0 Å². The Hall–Kier alpha value is -2.39. The molecule has 0 unspecified atom stereocenters. The van der Waals surface area contributed by atoms with Gasteiger partial charge < -0.3 is 15.1 Å². The van der Waals surface area contributed by atoms with Crippen LogP contribution in [0.1, 0.15) is 19.7 Å². The van der Waals surface area contributed by atoms with Gasteiger partial charge in [-0.2, -0.15) is 0 Å². The molecule has 4 heterocycles. The number of aliphatic hydroxyl groups excluding tert-OH is 1. The normalized spacial score (nSPS) is 25.7. The zero-order chi connectivity index (χ0) is 19.3. The zero-order valence-corrected chi connectivity index (χ0v) is 15.8. The summed E-state index contributed by atoms with van der Waals surface area (Å²) in [5, 5.41) is 27.8. The number of hydrogen-bond acceptors (Lipinski definition) is 6. The third kappa shape index (κ3) is 2.72. The third-order valence-electron chi connectivity index (χ3n) is 5.28. The van der Waals surface area contributed by atoms with Crippen LogP contribution in [0.25, 0.3) is 5.65 Å². The quantitative estimate of drug-likeness (QED) is 0.715. The van der Waals surface area contributed by atoms with Gasteiger partial charge in [0, 0.05) is 29.2 Å². The van der Waals surface area contributed by atoms with Crippen molar-refractivity contribution in [3.8, 4) is 0 Å². The minimum Gasteiger partial charge on any atom is -0.477 e. The molecular formula is C18H20N4O4S. The van der Waals surface area contributed by atoms with Crippen LogP contribution in [-0.4, -0.2) is 59.5 Å². The van der Waals surface area contributed by atoms with E-state index in [1.165, 1.54) is 16.7 Å². The van der Waals surface area contributed by atoms with Gasteiger partial charge in [-0.15, -0.1) is 22.0 Å². The topological polar surface area (TPSA) is 108 Å². The molecule has 0 aliphatic carbocycles. The summed E-state index contributed by atoms with van der Waals surface area (Å²) in [6.45, 7) is 3.50. The lowest BCUT2D eigenvalue weighted by Gasteiger charge is -2.46. The minimum atomic E-state index is -1.10. The van der Waals surface area contributed by atoms with Crippen molar-refractivity contribution in [1.29, 1.82) is 0 Å². The second-order valence-electron chi connectivity index (χ2n) is 6.92. The summed E-state index contributed by atoms with van der Waals surface area (Å²) >= 11 is 1.44. The molecule has 4 atom stereocenters. The van der Waals surface area contributed by atoms with E-state index in [2.05, 4.69) is 10.2 Å². The standard InChI is InChI=1S/C18H20N4O4S/c1-9-14-13(10(2)23)17(24)22(14)15(18(25)26)16(9)27-8-6-12-20-19-11-5-3-4-7-21(11)12/h3-5,7,9-10,13-14,23H,6,8H2,1-2H3,(H,25,26)/t9-,10-,13-,14-/m1/s1. The molecule has 2 aliphatic heterocycles. The van der Waals surface area contributed by atoms with Gasteiger partial charge in [-0.25, -0.2) is 4.79 Å². The van der Waals surface area contributed by atoms with Crippen molar-refractivity contribution >= 4 is 29.3 Å². The van der Waals surface area contributed by atoms with Crippen LogP contribution in [0, 0.1) is 11.8 Å². The molecule has 1 fully saturated rings. The van der Waals surface area contributed by atoms with Crippen molar-refractivity contribution in [2.24, 2.45) is 11.8 Å². The summed E-state index contributed by atoms with van der Waals surface area (Å²) in [5.41, 5.74) is 0.831. The Morgan fingerprint density at radius 1 is 1.37 bits per heavy atom. The maximum atomic E-state index is 12.3. The van der Waals surface area contributed by atoms with Gasteiger partial charge in [-0.05, 0) is 19.1 Å². The van der Waals surface area contributed by atoms with Gasteiger partial charge in [-0.3, -0.25) is 9.20 Å². The highest BCUT2D eigenvalue weighted by Gasteiger charge is 2.59. The number of aromatic nitrogens is 3. The number of amides is 1. The second kappa shape index (κ2) is 6.65. The SMILES string of the molecule is C[C@@H](O)[C@H]1C(=O)N2C(C(=O)O)=C(SCCc3nnc4ccccn34)[C@H](C)[C@H]12. The van der Waals surface area contributed by atoms with Crippen molar-refractivity contribution in [2.75, 3.05) is 5.75 Å². The molecule has 2 aromatic rings. The summed E-state index contributed by atoms with van der Waals surface area (Å²) in [5.74, 6) is -0.625. The number of hydrogen-bond donors (Lipinski definition) is 2. The Morgan fingerprint density at radius 3 is 2.85 bits per heavy atom. The molecule has 2 aromatic heterocycles. The van der Waals surface area contributed by atoms with Crippen LogP contribution in [-0.2, 0) is 16.0 Å². The Morgan fingerprint density at radius 2 is 2.15 bits per heavy atom. The Bertz CT molecular complexity index is 954. The predicted molar refractivity (Wildman–Crippen MR) is 98.8 cm³/mol. The van der Waals surface area contributed by atoms with Crippen LogP contribution in [0.4, 0.5) is 0 Å². The lowest BCUT2D eigenvalue weighted by atomic mass is 9.79. The monoisotopic (exact) mass is 388 g/mol. The smallest absolute Gasteiger partial charge is 0.353 e. The molecule has 9 heteroatoms. The van der Waals surface area contributed by atoms with E-state index < -0.39 is 18.0 Å². The summed E-state index contributed by atoms with van der Waals surface area (Å²) in [7, 11) is 0. The fourth-order valence-electron chi connectivity index (χ4n) is 4.03. The molecule has 0 saturated carbocycles. The predicted octanol–water partition coefficient (Wildman–Crippen LogP) is 1.16. The van der Waals surface area contributed by atoms with Crippen LogP contribution in [0.5, 0.6) is 0 Å². The van der Waals surface area contributed by atoms with Crippen molar-refractivity contribution in [1.82, 2.24) is 19.5 Å². The Balaban J connectivity index is 1.52. The Labute approximate surface area is 159 Å². The van der Waals surface area contributed by atoms with E-state index in [0.717, 1.165) is 11.5 Å². The molecule has 0 aromatic carbocycles. The number of fused-ring (bicyclic) bond motifs is 2. The molecule has 2 aliphatic rings. The lowest BCUT2D eigenvalue weighted by Crippen LogP contribution is -2.63. The number of nitrogens with zero attached hydrogens (tertiary/aromatic N) is 4. The second-order valence-corrected chi connectivity index (χ2v) is 8.05. The fourth-order valence-corrected chi connectivity index (χ4v) is 5.26. The third-order valence-corrected chi connectivity index (χ3v) is 6.56. The number of β-lactam (4-membered cyclic amide) rings is 1. The van der Waals surface area contributed by atoms with Crippen LogP contribution in [0.15, 0.2) is 35.0 Å². The molecule has 4 rings (SSSR count). The van der Waals surface area contributed by atoms with E-state index >= 15 is 0 Å². The molecule has 8 nitrogen and oxygen atoms in total. The maximum absolute atomic E-state index is 12.3. The van der Waals surface area contributed by atoms with Crippen molar-refractivity contribution < 1.29 is 19.8 Å². The number of carboxylic acids is 1. The van der Waals surface area contributed by atoms with Gasteiger partial charge in [0.15, 0.2) is 5.65 Å². The highest BCUT2D eigenvalue weighted by molar-refractivity contribution is 8.03. The molecule has 1 saturated heterocycles. The average molecular weight is 388 g/mol. The van der Waals surface area contributed by atoms with Gasteiger partial charge in [0.2, 0.25) is 5.91 Å². The average Bonchev–Trinajstić information content (AvgIpc) is 3.13.